The van der Waals surface area contributed by atoms with Crippen molar-refractivity contribution < 1.29 is 0 Å². The molecule has 0 atom stereocenters. The number of aromatic amines is 1. The average Bonchev–Trinajstić information content (AvgIpc) is 2.98. The zero-order valence-corrected chi connectivity index (χ0v) is 12.6. The van der Waals surface area contributed by atoms with E-state index in [-0.39, 0.29) is 0 Å². The third kappa shape index (κ3) is 2.20. The van der Waals surface area contributed by atoms with E-state index in [4.69, 9.17) is 11.6 Å². The molecular formula is C18H14ClN3. The maximum absolute atomic E-state index is 6.45. The number of nitrogens with one attached hydrogen (secondary N) is 1. The van der Waals surface area contributed by atoms with Gasteiger partial charge in [0.05, 0.1) is 10.5 Å². The fourth-order valence-electron chi connectivity index (χ4n) is 2.71. The van der Waals surface area contributed by atoms with E-state index in [0.717, 1.165) is 39.4 Å². The SMILES string of the molecule is Clc1cc2[nH]nc(N3C=CC=CC3)c2cc1-c1ccccc1. The zero-order valence-electron chi connectivity index (χ0n) is 11.8. The molecule has 108 valence electrons. The van der Waals surface area contributed by atoms with Gasteiger partial charge in [0.15, 0.2) is 5.82 Å². The summed E-state index contributed by atoms with van der Waals surface area (Å²) in [6.45, 7) is 0.819. The molecule has 1 N–H and O–H groups in total. The highest BCUT2D eigenvalue weighted by molar-refractivity contribution is 6.34. The molecule has 1 aliphatic heterocycles. The molecule has 22 heavy (non-hydrogen) atoms. The van der Waals surface area contributed by atoms with Crippen LogP contribution in [-0.2, 0) is 0 Å². The molecule has 3 nitrogen and oxygen atoms in total. The lowest BCUT2D eigenvalue weighted by Crippen LogP contribution is -2.17. The number of halogens is 1. The number of hydrogen-bond acceptors (Lipinski definition) is 2. The van der Waals surface area contributed by atoms with Gasteiger partial charge in [-0.25, -0.2) is 0 Å². The van der Waals surface area contributed by atoms with E-state index in [1.54, 1.807) is 0 Å². The maximum atomic E-state index is 6.45. The van der Waals surface area contributed by atoms with E-state index >= 15 is 0 Å². The third-order valence-corrected chi connectivity index (χ3v) is 4.12. The summed E-state index contributed by atoms with van der Waals surface area (Å²) >= 11 is 6.45. The molecule has 4 heteroatoms. The average molecular weight is 308 g/mol. The highest BCUT2D eigenvalue weighted by Crippen LogP contribution is 2.35. The second kappa shape index (κ2) is 5.35. The zero-order chi connectivity index (χ0) is 14.9. The Morgan fingerprint density at radius 3 is 2.73 bits per heavy atom. The number of rotatable bonds is 2. The van der Waals surface area contributed by atoms with Crippen LogP contribution in [0.1, 0.15) is 0 Å². The fraction of sp³-hybridized carbons (Fsp3) is 0.0556. The Hall–Kier alpha value is -2.52. The topological polar surface area (TPSA) is 31.9 Å². The predicted molar refractivity (Wildman–Crippen MR) is 92.2 cm³/mol. The van der Waals surface area contributed by atoms with Crippen molar-refractivity contribution in [2.75, 3.05) is 11.4 Å². The number of nitrogens with zero attached hydrogens (tertiary/aromatic N) is 2. The van der Waals surface area contributed by atoms with Crippen LogP contribution >= 0.6 is 11.6 Å². The highest BCUT2D eigenvalue weighted by atomic mass is 35.5. The van der Waals surface area contributed by atoms with Crippen LogP contribution in [0.15, 0.2) is 66.9 Å². The standard InChI is InChI=1S/C18H14ClN3/c19-16-12-17-15(11-14(16)13-7-3-1-4-8-13)18(21-20-17)22-9-5-2-6-10-22/h1-9,11-12H,10H2,(H,20,21). The van der Waals surface area contributed by atoms with Gasteiger partial charge in [-0.1, -0.05) is 54.1 Å². The molecule has 3 aromatic rings. The first-order chi connectivity index (χ1) is 10.8. The number of allylic oxidation sites excluding steroid dienone is 2. The van der Waals surface area contributed by atoms with Gasteiger partial charge in [0, 0.05) is 23.7 Å². The molecule has 4 rings (SSSR count). The molecule has 0 aliphatic carbocycles. The smallest absolute Gasteiger partial charge is 0.162 e. The summed E-state index contributed by atoms with van der Waals surface area (Å²) in [4.78, 5) is 2.11. The summed E-state index contributed by atoms with van der Waals surface area (Å²) < 4.78 is 0. The second-order valence-electron chi connectivity index (χ2n) is 5.21. The monoisotopic (exact) mass is 307 g/mol. The molecule has 0 saturated heterocycles. The van der Waals surface area contributed by atoms with Crippen LogP contribution in [-0.4, -0.2) is 16.7 Å². The number of anilines is 1. The number of aromatic nitrogens is 2. The van der Waals surface area contributed by atoms with Gasteiger partial charge < -0.3 is 4.90 Å². The molecule has 0 radical (unpaired) electrons. The van der Waals surface area contributed by atoms with Gasteiger partial charge in [-0.2, -0.15) is 5.10 Å². The maximum Gasteiger partial charge on any atom is 0.162 e. The van der Waals surface area contributed by atoms with Gasteiger partial charge in [-0.15, -0.1) is 0 Å². The van der Waals surface area contributed by atoms with Crippen LogP contribution in [0.3, 0.4) is 0 Å². The molecule has 0 spiro atoms. The normalized spacial score (nSPS) is 14.0. The molecule has 2 heterocycles. The van der Waals surface area contributed by atoms with Crippen LogP contribution in [0.4, 0.5) is 5.82 Å². The minimum Gasteiger partial charge on any atom is -0.327 e. The third-order valence-electron chi connectivity index (χ3n) is 3.80. The predicted octanol–water partition coefficient (Wildman–Crippen LogP) is 4.77. The number of benzene rings is 2. The fourth-order valence-corrected chi connectivity index (χ4v) is 2.98. The highest BCUT2D eigenvalue weighted by Gasteiger charge is 2.15. The van der Waals surface area contributed by atoms with Gasteiger partial charge >= 0.3 is 0 Å². The minimum atomic E-state index is 0.725. The first-order valence-corrected chi connectivity index (χ1v) is 7.54. The largest absolute Gasteiger partial charge is 0.327 e. The molecule has 0 saturated carbocycles. The van der Waals surface area contributed by atoms with E-state index in [0.29, 0.717) is 0 Å². The summed E-state index contributed by atoms with van der Waals surface area (Å²) in [5.41, 5.74) is 3.08. The Morgan fingerprint density at radius 2 is 1.95 bits per heavy atom. The molecule has 0 fully saturated rings. The van der Waals surface area contributed by atoms with E-state index in [9.17, 15) is 0 Å². The first kappa shape index (κ1) is 13.2. The van der Waals surface area contributed by atoms with Crippen molar-refractivity contribution in [2.24, 2.45) is 0 Å². The quantitative estimate of drug-likeness (QED) is 0.739. The van der Waals surface area contributed by atoms with Gasteiger partial charge in [0.25, 0.3) is 0 Å². The first-order valence-electron chi connectivity index (χ1n) is 7.16. The van der Waals surface area contributed by atoms with Crippen molar-refractivity contribution in [3.8, 4) is 11.1 Å². The Kier molecular flexibility index (Phi) is 3.20. The van der Waals surface area contributed by atoms with Gasteiger partial charge in [0.2, 0.25) is 0 Å². The van der Waals surface area contributed by atoms with Crippen molar-refractivity contribution in [3.63, 3.8) is 0 Å². The Bertz CT molecular complexity index is 878. The molecule has 1 aliphatic rings. The lowest BCUT2D eigenvalue weighted by atomic mass is 10.0. The van der Waals surface area contributed by atoms with Crippen molar-refractivity contribution in [1.82, 2.24) is 10.2 Å². The van der Waals surface area contributed by atoms with Gasteiger partial charge in [-0.3, -0.25) is 5.10 Å². The van der Waals surface area contributed by atoms with E-state index in [1.165, 1.54) is 0 Å². The van der Waals surface area contributed by atoms with Gasteiger partial charge in [-0.05, 0) is 23.8 Å². The lowest BCUT2D eigenvalue weighted by Gasteiger charge is -2.18. The summed E-state index contributed by atoms with van der Waals surface area (Å²) in [7, 11) is 0. The van der Waals surface area contributed by atoms with Crippen molar-refractivity contribution in [1.29, 1.82) is 0 Å². The number of hydrogen-bond donors (Lipinski definition) is 1. The Balaban J connectivity index is 1.88. The van der Waals surface area contributed by atoms with Gasteiger partial charge in [0.1, 0.15) is 0 Å². The van der Waals surface area contributed by atoms with Crippen molar-refractivity contribution >= 4 is 28.3 Å². The van der Waals surface area contributed by atoms with Crippen LogP contribution in [0.5, 0.6) is 0 Å². The van der Waals surface area contributed by atoms with Crippen molar-refractivity contribution in [2.45, 2.75) is 0 Å². The van der Waals surface area contributed by atoms with Crippen LogP contribution in [0.2, 0.25) is 5.02 Å². The summed E-state index contributed by atoms with van der Waals surface area (Å²) in [6.07, 6.45) is 8.19. The van der Waals surface area contributed by atoms with Crippen LogP contribution in [0, 0.1) is 0 Å². The second-order valence-corrected chi connectivity index (χ2v) is 5.62. The van der Waals surface area contributed by atoms with E-state index < -0.39 is 0 Å². The summed E-state index contributed by atoms with van der Waals surface area (Å²) in [5.74, 6) is 0.921. The summed E-state index contributed by atoms with van der Waals surface area (Å²) in [6, 6.07) is 14.2. The summed E-state index contributed by atoms with van der Waals surface area (Å²) in [5, 5.41) is 9.32. The number of H-pyrrole nitrogens is 1. The van der Waals surface area contributed by atoms with Crippen LogP contribution in [0.25, 0.3) is 22.0 Å². The molecular weight excluding hydrogens is 294 g/mol. The van der Waals surface area contributed by atoms with E-state index in [1.807, 2.05) is 42.6 Å². The van der Waals surface area contributed by atoms with E-state index in [2.05, 4.69) is 39.4 Å². The lowest BCUT2D eigenvalue weighted by molar-refractivity contribution is 1.00. The molecule has 1 aromatic heterocycles. The Labute approximate surface area is 133 Å². The molecule has 0 bridgehead atoms. The number of fused-ring (bicyclic) bond motifs is 1. The molecule has 0 unspecified atom stereocenters. The molecule has 0 amide bonds. The molecule has 2 aromatic carbocycles. The minimum absolute atomic E-state index is 0.725. The Morgan fingerprint density at radius 1 is 1.09 bits per heavy atom. The van der Waals surface area contributed by atoms with Crippen LogP contribution < -0.4 is 4.90 Å². The van der Waals surface area contributed by atoms with Crippen molar-refractivity contribution in [3.05, 3.63) is 71.9 Å².